The zero-order valence-corrected chi connectivity index (χ0v) is 30.9. The SMILES string of the molecule is CC1CC(C(O)C(C)(C)O)OC2C1C1(C)CCC34CC35CCC(OC3CN(C(=O)CC6CCC6)CCO3)C(C)(C)C5CCC4C1(C)C2O. The molecule has 1 amide bonds. The second-order valence-electron chi connectivity index (χ2n) is 19.9. The number of rotatable bonds is 6. The predicted octanol–water partition coefficient (Wildman–Crippen LogP) is 5.69. The fourth-order valence-corrected chi connectivity index (χ4v) is 14.4. The van der Waals surface area contributed by atoms with Crippen LogP contribution in [-0.2, 0) is 19.0 Å². The molecule has 0 aromatic heterocycles. The van der Waals surface area contributed by atoms with Crippen molar-refractivity contribution in [3.8, 4) is 0 Å². The molecule has 0 bridgehead atoms. The molecule has 6 aliphatic carbocycles. The van der Waals surface area contributed by atoms with Gasteiger partial charge in [0.05, 0.1) is 43.2 Å². The highest BCUT2D eigenvalue weighted by Gasteiger charge is 2.84. The van der Waals surface area contributed by atoms with E-state index < -0.39 is 23.9 Å². The van der Waals surface area contributed by atoms with Crippen molar-refractivity contribution < 1.29 is 34.3 Å². The second-order valence-corrected chi connectivity index (χ2v) is 19.9. The predicted molar refractivity (Wildman–Crippen MR) is 182 cm³/mol. The number of fused-ring (bicyclic) bond motifs is 4. The lowest BCUT2D eigenvalue weighted by Gasteiger charge is -2.64. The highest BCUT2D eigenvalue weighted by Crippen LogP contribution is 2.89. The molecule has 8 fully saturated rings. The van der Waals surface area contributed by atoms with Crippen LogP contribution in [0, 0.1) is 56.7 Å². The van der Waals surface area contributed by atoms with Crippen LogP contribution in [0.4, 0.5) is 0 Å². The third-order valence-corrected chi connectivity index (χ3v) is 17.2. The maximum absolute atomic E-state index is 13.0. The molecular formula is C40H65NO7. The Kier molecular flexibility index (Phi) is 7.95. The summed E-state index contributed by atoms with van der Waals surface area (Å²) in [4.78, 5) is 15.0. The van der Waals surface area contributed by atoms with Gasteiger partial charge in [0.25, 0.3) is 0 Å². The molecule has 0 radical (unpaired) electrons. The molecule has 14 unspecified atom stereocenters. The average Bonchev–Trinajstić information content (AvgIpc) is 3.64. The monoisotopic (exact) mass is 671 g/mol. The number of morpholine rings is 1. The summed E-state index contributed by atoms with van der Waals surface area (Å²) in [6, 6.07) is 0. The van der Waals surface area contributed by atoms with Crippen LogP contribution in [0.2, 0.25) is 0 Å². The number of nitrogens with zero attached hydrogens (tertiary/aromatic N) is 1. The molecule has 8 nitrogen and oxygen atoms in total. The molecule has 0 aromatic rings. The van der Waals surface area contributed by atoms with Gasteiger partial charge >= 0.3 is 0 Å². The number of aliphatic hydroxyl groups excluding tert-OH is 2. The Hall–Kier alpha value is -0.770. The first-order valence-corrected chi connectivity index (χ1v) is 19.8. The molecule has 2 aliphatic heterocycles. The Morgan fingerprint density at radius 1 is 1.02 bits per heavy atom. The van der Waals surface area contributed by atoms with Crippen molar-refractivity contribution in [3.63, 3.8) is 0 Å². The number of amides is 1. The first-order chi connectivity index (χ1) is 22.5. The lowest BCUT2D eigenvalue weighted by atomic mass is 9.41. The lowest BCUT2D eigenvalue weighted by Crippen LogP contribution is -2.60. The zero-order chi connectivity index (χ0) is 34.2. The standard InChI is InChI=1S/C40H65NO7/c1-23-19-25(33(43)36(4,5)45)47-32-31(23)37(6)15-16-40-22-39(40)14-13-28(35(2,3)26(39)11-12-27(40)38(37,7)34(32)44)48-30-21-41(17-18-46-30)29(42)20-24-9-8-10-24/h23-28,30-34,43-45H,8-22H2,1-7H3. The molecule has 8 heteroatoms. The minimum atomic E-state index is -1.25. The minimum Gasteiger partial charge on any atom is -0.390 e. The van der Waals surface area contributed by atoms with Crippen LogP contribution in [-0.4, -0.2) is 88.2 Å². The first-order valence-electron chi connectivity index (χ1n) is 19.8. The molecule has 3 N–H and O–H groups in total. The molecule has 2 spiro atoms. The molecule has 14 atom stereocenters. The molecule has 48 heavy (non-hydrogen) atoms. The van der Waals surface area contributed by atoms with Crippen LogP contribution in [0.3, 0.4) is 0 Å². The highest BCUT2D eigenvalue weighted by atomic mass is 16.7. The van der Waals surface area contributed by atoms with E-state index in [0.29, 0.717) is 61.6 Å². The van der Waals surface area contributed by atoms with Crippen LogP contribution in [0.25, 0.3) is 0 Å². The van der Waals surface area contributed by atoms with E-state index in [0.717, 1.165) is 25.7 Å². The van der Waals surface area contributed by atoms with Gasteiger partial charge in [0, 0.05) is 18.4 Å². The van der Waals surface area contributed by atoms with Crippen molar-refractivity contribution in [1.82, 2.24) is 4.90 Å². The summed E-state index contributed by atoms with van der Waals surface area (Å²) < 4.78 is 19.7. The highest BCUT2D eigenvalue weighted by molar-refractivity contribution is 5.76. The lowest BCUT2D eigenvalue weighted by molar-refractivity contribution is -0.248. The van der Waals surface area contributed by atoms with Gasteiger partial charge in [0.15, 0.2) is 6.29 Å². The van der Waals surface area contributed by atoms with E-state index in [1.807, 2.05) is 4.90 Å². The largest absolute Gasteiger partial charge is 0.390 e. The Morgan fingerprint density at radius 2 is 1.73 bits per heavy atom. The summed E-state index contributed by atoms with van der Waals surface area (Å²) in [5.74, 6) is 2.39. The molecular weight excluding hydrogens is 606 g/mol. The van der Waals surface area contributed by atoms with E-state index in [9.17, 15) is 20.1 Å². The van der Waals surface area contributed by atoms with Gasteiger partial charge in [-0.25, -0.2) is 0 Å². The van der Waals surface area contributed by atoms with Crippen molar-refractivity contribution in [2.45, 2.75) is 168 Å². The van der Waals surface area contributed by atoms with Gasteiger partial charge in [-0.3, -0.25) is 4.79 Å². The fraction of sp³-hybridized carbons (Fsp3) is 0.975. The number of hydrogen-bond acceptors (Lipinski definition) is 7. The van der Waals surface area contributed by atoms with E-state index in [1.165, 1.54) is 38.5 Å². The van der Waals surface area contributed by atoms with Crippen LogP contribution >= 0.6 is 0 Å². The summed E-state index contributed by atoms with van der Waals surface area (Å²) in [5.41, 5.74) is -1.01. The Bertz CT molecular complexity index is 1280. The van der Waals surface area contributed by atoms with E-state index in [1.54, 1.807) is 13.8 Å². The fourth-order valence-electron chi connectivity index (χ4n) is 14.4. The quantitative estimate of drug-likeness (QED) is 0.333. The normalized spacial score (nSPS) is 51.8. The molecule has 2 heterocycles. The summed E-state index contributed by atoms with van der Waals surface area (Å²) in [6.45, 7) is 17.1. The maximum atomic E-state index is 13.0. The number of hydrogen-bond donors (Lipinski definition) is 3. The molecule has 6 saturated carbocycles. The minimum absolute atomic E-state index is 0.00366. The van der Waals surface area contributed by atoms with Crippen molar-refractivity contribution in [2.75, 3.05) is 19.7 Å². The van der Waals surface area contributed by atoms with E-state index in [2.05, 4.69) is 34.6 Å². The van der Waals surface area contributed by atoms with Crippen LogP contribution in [0.1, 0.15) is 126 Å². The topological polar surface area (TPSA) is 109 Å². The van der Waals surface area contributed by atoms with Crippen LogP contribution in [0.15, 0.2) is 0 Å². The summed E-state index contributed by atoms with van der Waals surface area (Å²) in [5, 5.41) is 34.1. The Balaban J connectivity index is 0.994. The van der Waals surface area contributed by atoms with Gasteiger partial charge in [-0.1, -0.05) is 41.0 Å². The zero-order valence-electron chi connectivity index (χ0n) is 30.9. The summed E-state index contributed by atoms with van der Waals surface area (Å²) in [7, 11) is 0. The molecule has 8 rings (SSSR count). The van der Waals surface area contributed by atoms with Crippen molar-refractivity contribution >= 4 is 5.91 Å². The van der Waals surface area contributed by atoms with Gasteiger partial charge in [-0.2, -0.15) is 0 Å². The molecule has 8 aliphatic rings. The smallest absolute Gasteiger partial charge is 0.223 e. The molecule has 2 saturated heterocycles. The van der Waals surface area contributed by atoms with Gasteiger partial charge < -0.3 is 34.4 Å². The molecule has 272 valence electrons. The van der Waals surface area contributed by atoms with Crippen molar-refractivity contribution in [1.29, 1.82) is 0 Å². The van der Waals surface area contributed by atoms with Gasteiger partial charge in [-0.05, 0) is 129 Å². The van der Waals surface area contributed by atoms with Gasteiger partial charge in [0.1, 0.15) is 6.10 Å². The Morgan fingerprint density at radius 3 is 2.42 bits per heavy atom. The Labute approximate surface area is 289 Å². The average molecular weight is 672 g/mol. The van der Waals surface area contributed by atoms with Crippen LogP contribution < -0.4 is 0 Å². The van der Waals surface area contributed by atoms with E-state index in [4.69, 9.17) is 14.2 Å². The van der Waals surface area contributed by atoms with E-state index >= 15 is 0 Å². The number of ether oxygens (including phenoxy) is 3. The van der Waals surface area contributed by atoms with Crippen molar-refractivity contribution in [2.24, 2.45) is 56.7 Å². The van der Waals surface area contributed by atoms with Crippen LogP contribution in [0.5, 0.6) is 0 Å². The third kappa shape index (κ3) is 4.56. The maximum Gasteiger partial charge on any atom is 0.223 e. The third-order valence-electron chi connectivity index (χ3n) is 17.2. The number of carbonyl (C=O) groups excluding carboxylic acids is 1. The first kappa shape index (κ1) is 34.3. The second kappa shape index (κ2) is 11.1. The van der Waals surface area contributed by atoms with Gasteiger partial charge in [-0.15, -0.1) is 0 Å². The van der Waals surface area contributed by atoms with Crippen molar-refractivity contribution in [3.05, 3.63) is 0 Å². The number of aliphatic hydroxyl groups is 3. The van der Waals surface area contributed by atoms with Gasteiger partial charge in [0.2, 0.25) is 5.91 Å². The summed E-state index contributed by atoms with van der Waals surface area (Å²) >= 11 is 0. The van der Waals surface area contributed by atoms with E-state index in [-0.39, 0.29) is 52.0 Å². The summed E-state index contributed by atoms with van der Waals surface area (Å²) in [6.07, 6.45) is 10.5. The number of carbonyl (C=O) groups is 1. The molecule has 0 aromatic carbocycles.